The molecule has 0 aliphatic carbocycles. The van der Waals surface area contributed by atoms with Crippen molar-refractivity contribution in [2.45, 2.75) is 46.4 Å². The smallest absolute Gasteiger partial charge is 0.175 e. The highest BCUT2D eigenvalue weighted by molar-refractivity contribution is 4.97. The van der Waals surface area contributed by atoms with E-state index >= 15 is 0 Å². The molecule has 0 bridgehead atoms. The van der Waals surface area contributed by atoms with Gasteiger partial charge in [0.25, 0.3) is 0 Å². The summed E-state index contributed by atoms with van der Waals surface area (Å²) in [6, 6.07) is 0. The molecule has 0 unspecified atom stereocenters. The van der Waals surface area contributed by atoms with Gasteiger partial charge < -0.3 is 14.0 Å². The molecule has 0 aromatic carbocycles. The van der Waals surface area contributed by atoms with Gasteiger partial charge in [-0.3, -0.25) is 0 Å². The molecule has 4 heteroatoms. The SMILES string of the molecule is CCOC(Cn1ccnc1C(C)C)OCC. The van der Waals surface area contributed by atoms with Crippen molar-refractivity contribution in [3.05, 3.63) is 18.2 Å². The molecule has 0 aliphatic rings. The van der Waals surface area contributed by atoms with Gasteiger partial charge in [0.15, 0.2) is 6.29 Å². The fourth-order valence-electron chi connectivity index (χ4n) is 1.66. The Kier molecular flexibility index (Phi) is 5.49. The average molecular weight is 226 g/mol. The first-order valence-electron chi connectivity index (χ1n) is 5.93. The molecular weight excluding hydrogens is 204 g/mol. The van der Waals surface area contributed by atoms with E-state index in [0.29, 0.717) is 25.7 Å². The van der Waals surface area contributed by atoms with Crippen molar-refractivity contribution in [1.82, 2.24) is 9.55 Å². The number of nitrogens with zero attached hydrogens (tertiary/aromatic N) is 2. The van der Waals surface area contributed by atoms with Crippen molar-refractivity contribution in [1.29, 1.82) is 0 Å². The summed E-state index contributed by atoms with van der Waals surface area (Å²) in [6.07, 6.45) is 3.62. The normalized spacial score (nSPS) is 11.6. The van der Waals surface area contributed by atoms with Gasteiger partial charge in [-0.05, 0) is 13.8 Å². The number of hydrogen-bond donors (Lipinski definition) is 0. The number of rotatable bonds is 7. The average Bonchev–Trinajstić information content (AvgIpc) is 2.66. The molecule has 0 N–H and O–H groups in total. The Hall–Kier alpha value is -0.870. The molecular formula is C12H22N2O2. The predicted octanol–water partition coefficient (Wildman–Crippen LogP) is 2.41. The molecule has 1 aromatic heterocycles. The van der Waals surface area contributed by atoms with Crippen molar-refractivity contribution in [2.24, 2.45) is 0 Å². The molecule has 0 amide bonds. The van der Waals surface area contributed by atoms with Gasteiger partial charge in [0.05, 0.1) is 6.54 Å². The third-order valence-electron chi connectivity index (χ3n) is 2.31. The third kappa shape index (κ3) is 3.61. The van der Waals surface area contributed by atoms with Crippen LogP contribution >= 0.6 is 0 Å². The third-order valence-corrected chi connectivity index (χ3v) is 2.31. The summed E-state index contributed by atoms with van der Waals surface area (Å²) in [5, 5.41) is 0. The molecule has 1 aromatic rings. The van der Waals surface area contributed by atoms with Crippen molar-refractivity contribution in [3.8, 4) is 0 Å². The number of ether oxygens (including phenoxy) is 2. The molecule has 0 fully saturated rings. The van der Waals surface area contributed by atoms with Crippen molar-refractivity contribution >= 4 is 0 Å². The van der Waals surface area contributed by atoms with Crippen LogP contribution < -0.4 is 0 Å². The summed E-state index contributed by atoms with van der Waals surface area (Å²) in [5.74, 6) is 1.49. The Bertz CT molecular complexity index is 291. The van der Waals surface area contributed by atoms with Crippen LogP contribution in [0.3, 0.4) is 0 Å². The maximum absolute atomic E-state index is 5.52. The molecule has 0 saturated heterocycles. The Morgan fingerprint density at radius 2 is 1.88 bits per heavy atom. The lowest BCUT2D eigenvalue weighted by Gasteiger charge is -2.19. The van der Waals surface area contributed by atoms with E-state index < -0.39 is 0 Å². The standard InChI is InChI=1S/C12H22N2O2/c1-5-15-11(16-6-2)9-14-8-7-13-12(14)10(3)4/h7-8,10-11H,5-6,9H2,1-4H3. The molecule has 0 radical (unpaired) electrons. The number of aromatic nitrogens is 2. The topological polar surface area (TPSA) is 36.3 Å². The number of hydrogen-bond acceptors (Lipinski definition) is 3. The zero-order chi connectivity index (χ0) is 12.0. The van der Waals surface area contributed by atoms with Crippen molar-refractivity contribution in [2.75, 3.05) is 13.2 Å². The monoisotopic (exact) mass is 226 g/mol. The molecule has 0 spiro atoms. The lowest BCUT2D eigenvalue weighted by atomic mass is 10.2. The summed E-state index contributed by atoms with van der Waals surface area (Å²) in [6.45, 7) is 10.2. The fourth-order valence-corrected chi connectivity index (χ4v) is 1.66. The van der Waals surface area contributed by atoms with Gasteiger partial charge in [0.1, 0.15) is 5.82 Å². The zero-order valence-corrected chi connectivity index (χ0v) is 10.6. The van der Waals surface area contributed by atoms with E-state index in [1.165, 1.54) is 0 Å². The van der Waals surface area contributed by atoms with Gasteiger partial charge >= 0.3 is 0 Å². The van der Waals surface area contributed by atoms with Crippen LogP contribution in [0.1, 0.15) is 39.4 Å². The van der Waals surface area contributed by atoms with Gasteiger partial charge in [-0.25, -0.2) is 4.98 Å². The van der Waals surface area contributed by atoms with Crippen LogP contribution in [0.4, 0.5) is 0 Å². The first-order chi connectivity index (χ1) is 7.69. The minimum atomic E-state index is -0.179. The summed E-state index contributed by atoms with van der Waals surface area (Å²) in [7, 11) is 0. The molecule has 0 saturated carbocycles. The lowest BCUT2D eigenvalue weighted by Crippen LogP contribution is -2.24. The summed E-state index contributed by atoms with van der Waals surface area (Å²) in [5.41, 5.74) is 0. The van der Waals surface area contributed by atoms with Crippen LogP contribution in [0.2, 0.25) is 0 Å². The van der Waals surface area contributed by atoms with E-state index in [-0.39, 0.29) is 6.29 Å². The Morgan fingerprint density at radius 1 is 1.25 bits per heavy atom. The quantitative estimate of drug-likeness (QED) is 0.670. The summed E-state index contributed by atoms with van der Waals surface area (Å²) >= 11 is 0. The van der Waals surface area contributed by atoms with Crippen molar-refractivity contribution in [3.63, 3.8) is 0 Å². The molecule has 16 heavy (non-hydrogen) atoms. The lowest BCUT2D eigenvalue weighted by molar-refractivity contribution is -0.143. The van der Waals surface area contributed by atoms with E-state index in [1.807, 2.05) is 26.2 Å². The van der Waals surface area contributed by atoms with E-state index in [9.17, 15) is 0 Å². The minimum Gasteiger partial charge on any atom is -0.351 e. The molecule has 0 aliphatic heterocycles. The van der Waals surface area contributed by atoms with Crippen LogP contribution in [0, 0.1) is 0 Å². The highest BCUT2D eigenvalue weighted by Crippen LogP contribution is 2.13. The maximum Gasteiger partial charge on any atom is 0.175 e. The van der Waals surface area contributed by atoms with Crippen LogP contribution in [0.15, 0.2) is 12.4 Å². The van der Waals surface area contributed by atoms with Gasteiger partial charge in [-0.2, -0.15) is 0 Å². The van der Waals surface area contributed by atoms with Gasteiger partial charge in [0.2, 0.25) is 0 Å². The first kappa shape index (κ1) is 13.2. The highest BCUT2D eigenvalue weighted by Gasteiger charge is 2.13. The second-order valence-corrected chi connectivity index (χ2v) is 3.93. The minimum absolute atomic E-state index is 0.179. The molecule has 1 heterocycles. The molecule has 92 valence electrons. The zero-order valence-electron chi connectivity index (χ0n) is 10.6. The van der Waals surface area contributed by atoms with E-state index in [1.54, 1.807) is 0 Å². The van der Waals surface area contributed by atoms with E-state index in [2.05, 4.69) is 23.4 Å². The maximum atomic E-state index is 5.52. The molecule has 4 nitrogen and oxygen atoms in total. The molecule has 0 atom stereocenters. The van der Waals surface area contributed by atoms with Crippen LogP contribution in [-0.4, -0.2) is 29.1 Å². The highest BCUT2D eigenvalue weighted by atomic mass is 16.7. The Balaban J connectivity index is 2.64. The van der Waals surface area contributed by atoms with Gasteiger partial charge in [-0.1, -0.05) is 13.8 Å². The second-order valence-electron chi connectivity index (χ2n) is 3.93. The van der Waals surface area contributed by atoms with Crippen LogP contribution in [0.5, 0.6) is 0 Å². The summed E-state index contributed by atoms with van der Waals surface area (Å²) < 4.78 is 13.1. The Labute approximate surface area is 97.6 Å². The van der Waals surface area contributed by atoms with Crippen molar-refractivity contribution < 1.29 is 9.47 Å². The first-order valence-corrected chi connectivity index (χ1v) is 5.93. The number of imidazole rings is 1. The largest absolute Gasteiger partial charge is 0.351 e. The second kappa shape index (κ2) is 6.66. The van der Waals surface area contributed by atoms with Gasteiger partial charge in [-0.15, -0.1) is 0 Å². The van der Waals surface area contributed by atoms with Crippen LogP contribution in [0.25, 0.3) is 0 Å². The van der Waals surface area contributed by atoms with Gasteiger partial charge in [0, 0.05) is 31.5 Å². The summed E-state index contributed by atoms with van der Waals surface area (Å²) in [4.78, 5) is 4.34. The predicted molar refractivity (Wildman–Crippen MR) is 63.4 cm³/mol. The van der Waals surface area contributed by atoms with E-state index in [0.717, 1.165) is 5.82 Å². The Morgan fingerprint density at radius 3 is 2.38 bits per heavy atom. The van der Waals surface area contributed by atoms with Crippen LogP contribution in [-0.2, 0) is 16.0 Å². The fraction of sp³-hybridized carbons (Fsp3) is 0.750. The molecule has 1 rings (SSSR count). The van der Waals surface area contributed by atoms with E-state index in [4.69, 9.17) is 9.47 Å².